The molecule has 0 unspecified atom stereocenters. The molecule has 0 atom stereocenters. The van der Waals surface area contributed by atoms with Crippen LogP contribution in [0.4, 0.5) is 0 Å². The Bertz CT molecular complexity index is 250. The van der Waals surface area contributed by atoms with Crippen LogP contribution >= 0.6 is 0 Å². The van der Waals surface area contributed by atoms with Crippen molar-refractivity contribution in [1.82, 2.24) is 4.98 Å². The highest BCUT2D eigenvalue weighted by molar-refractivity contribution is 5.75. The summed E-state index contributed by atoms with van der Waals surface area (Å²) in [7, 11) is 0. The van der Waals surface area contributed by atoms with E-state index < -0.39 is 0 Å². The van der Waals surface area contributed by atoms with Crippen LogP contribution in [0.5, 0.6) is 0 Å². The number of aromatic amines is 1. The Morgan fingerprint density at radius 2 is 2.18 bits per heavy atom. The Balaban J connectivity index is 3.08. The fourth-order valence-electron chi connectivity index (χ4n) is 1.35. The summed E-state index contributed by atoms with van der Waals surface area (Å²) in [6.07, 6.45) is 4.73. The fraction of sp³-hybridized carbons (Fsp3) is 0.444. The first-order chi connectivity index (χ1) is 5.33. The second-order valence-electron chi connectivity index (χ2n) is 2.53. The molecule has 0 spiro atoms. The van der Waals surface area contributed by atoms with E-state index in [1.54, 1.807) is 0 Å². The zero-order valence-electron chi connectivity index (χ0n) is 6.98. The monoisotopic (exact) mass is 151 g/mol. The van der Waals surface area contributed by atoms with Gasteiger partial charge < -0.3 is 4.98 Å². The summed E-state index contributed by atoms with van der Waals surface area (Å²) in [4.78, 5) is 13.4. The Morgan fingerprint density at radius 1 is 1.45 bits per heavy atom. The van der Waals surface area contributed by atoms with Crippen LogP contribution in [0.3, 0.4) is 0 Å². The van der Waals surface area contributed by atoms with Gasteiger partial charge in [-0.15, -0.1) is 0 Å². The number of aryl methyl sites for hydroxylation is 1. The van der Waals surface area contributed by atoms with Gasteiger partial charge in [0.2, 0.25) is 0 Å². The SMILES string of the molecule is CCc1c[nH]c(C=O)c1CC. The normalized spacial score (nSPS) is 10.0. The minimum atomic E-state index is 0.740. The van der Waals surface area contributed by atoms with Gasteiger partial charge in [-0.2, -0.15) is 0 Å². The molecule has 0 aliphatic carbocycles. The number of hydrogen-bond acceptors (Lipinski definition) is 1. The molecule has 0 bridgehead atoms. The molecule has 0 aliphatic rings. The molecule has 2 heteroatoms. The molecule has 0 amide bonds. The van der Waals surface area contributed by atoms with Gasteiger partial charge >= 0.3 is 0 Å². The Morgan fingerprint density at radius 3 is 2.64 bits per heavy atom. The van der Waals surface area contributed by atoms with Crippen molar-refractivity contribution in [3.05, 3.63) is 23.0 Å². The van der Waals surface area contributed by atoms with Gasteiger partial charge in [0, 0.05) is 6.20 Å². The summed E-state index contributed by atoms with van der Waals surface area (Å²) in [5.41, 5.74) is 3.17. The molecule has 0 saturated carbocycles. The van der Waals surface area contributed by atoms with Crippen LogP contribution in [0.2, 0.25) is 0 Å². The molecule has 11 heavy (non-hydrogen) atoms. The van der Waals surface area contributed by atoms with Crippen LogP contribution in [0.1, 0.15) is 35.5 Å². The summed E-state index contributed by atoms with van der Waals surface area (Å²) in [6, 6.07) is 0. The van der Waals surface area contributed by atoms with E-state index in [-0.39, 0.29) is 0 Å². The third kappa shape index (κ3) is 1.34. The van der Waals surface area contributed by atoms with E-state index in [1.165, 1.54) is 11.1 Å². The van der Waals surface area contributed by atoms with Gasteiger partial charge in [0.25, 0.3) is 0 Å². The molecular formula is C9H13NO. The minimum Gasteiger partial charge on any atom is -0.359 e. The fourth-order valence-corrected chi connectivity index (χ4v) is 1.35. The number of aromatic nitrogens is 1. The van der Waals surface area contributed by atoms with Crippen molar-refractivity contribution in [2.75, 3.05) is 0 Å². The molecule has 0 saturated heterocycles. The van der Waals surface area contributed by atoms with Crippen LogP contribution in [-0.2, 0) is 12.8 Å². The van der Waals surface area contributed by atoms with Crippen LogP contribution in [0.15, 0.2) is 6.20 Å². The van der Waals surface area contributed by atoms with Crippen molar-refractivity contribution in [2.24, 2.45) is 0 Å². The maximum absolute atomic E-state index is 10.5. The number of H-pyrrole nitrogens is 1. The van der Waals surface area contributed by atoms with E-state index in [2.05, 4.69) is 18.8 Å². The van der Waals surface area contributed by atoms with E-state index in [1.807, 2.05) is 6.20 Å². The highest BCUT2D eigenvalue weighted by Crippen LogP contribution is 2.13. The quantitative estimate of drug-likeness (QED) is 0.658. The molecular weight excluding hydrogens is 138 g/mol. The smallest absolute Gasteiger partial charge is 0.166 e. The zero-order chi connectivity index (χ0) is 8.27. The molecule has 0 radical (unpaired) electrons. The minimum absolute atomic E-state index is 0.740. The molecule has 1 heterocycles. The molecule has 1 N–H and O–H groups in total. The Hall–Kier alpha value is -1.05. The molecule has 0 aromatic carbocycles. The van der Waals surface area contributed by atoms with Gasteiger partial charge in [-0.25, -0.2) is 0 Å². The lowest BCUT2D eigenvalue weighted by Crippen LogP contribution is -1.89. The molecule has 60 valence electrons. The number of carbonyl (C=O) groups excluding carboxylic acids is 1. The Labute approximate surface area is 66.6 Å². The molecule has 0 fully saturated rings. The molecule has 1 aromatic rings. The average molecular weight is 151 g/mol. The highest BCUT2D eigenvalue weighted by atomic mass is 16.1. The third-order valence-electron chi connectivity index (χ3n) is 1.97. The second-order valence-corrected chi connectivity index (χ2v) is 2.53. The maximum Gasteiger partial charge on any atom is 0.166 e. The predicted octanol–water partition coefficient (Wildman–Crippen LogP) is 1.95. The standard InChI is InChI=1S/C9H13NO/c1-3-7-5-10-9(6-11)8(7)4-2/h5-6,10H,3-4H2,1-2H3. The van der Waals surface area contributed by atoms with Crippen LogP contribution in [0, 0.1) is 0 Å². The van der Waals surface area contributed by atoms with Gasteiger partial charge in [0.15, 0.2) is 6.29 Å². The van der Waals surface area contributed by atoms with Gasteiger partial charge in [0.05, 0.1) is 5.69 Å². The lowest BCUT2D eigenvalue weighted by atomic mass is 10.1. The van der Waals surface area contributed by atoms with Gasteiger partial charge in [-0.1, -0.05) is 13.8 Å². The van der Waals surface area contributed by atoms with Crippen molar-refractivity contribution < 1.29 is 4.79 Å². The molecule has 1 rings (SSSR count). The first kappa shape index (κ1) is 8.05. The van der Waals surface area contributed by atoms with Crippen molar-refractivity contribution in [3.8, 4) is 0 Å². The third-order valence-corrected chi connectivity index (χ3v) is 1.97. The molecule has 2 nitrogen and oxygen atoms in total. The Kier molecular flexibility index (Phi) is 2.47. The van der Waals surface area contributed by atoms with Gasteiger partial charge in [-0.3, -0.25) is 4.79 Å². The van der Waals surface area contributed by atoms with E-state index in [0.717, 1.165) is 24.8 Å². The van der Waals surface area contributed by atoms with Crippen molar-refractivity contribution in [3.63, 3.8) is 0 Å². The first-order valence-corrected chi connectivity index (χ1v) is 3.97. The van der Waals surface area contributed by atoms with Crippen LogP contribution in [-0.4, -0.2) is 11.3 Å². The van der Waals surface area contributed by atoms with E-state index in [0.29, 0.717) is 0 Å². The first-order valence-electron chi connectivity index (χ1n) is 3.97. The summed E-state index contributed by atoms with van der Waals surface area (Å²) in [5, 5.41) is 0. The number of aldehydes is 1. The van der Waals surface area contributed by atoms with Crippen LogP contribution < -0.4 is 0 Å². The predicted molar refractivity (Wildman–Crippen MR) is 44.9 cm³/mol. The number of rotatable bonds is 3. The summed E-state index contributed by atoms with van der Waals surface area (Å²) in [5.74, 6) is 0. The highest BCUT2D eigenvalue weighted by Gasteiger charge is 2.05. The van der Waals surface area contributed by atoms with E-state index in [9.17, 15) is 4.79 Å². The maximum atomic E-state index is 10.5. The van der Waals surface area contributed by atoms with Crippen molar-refractivity contribution >= 4 is 6.29 Å². The van der Waals surface area contributed by atoms with Crippen LogP contribution in [0.25, 0.3) is 0 Å². The molecule has 0 aliphatic heterocycles. The van der Waals surface area contributed by atoms with Gasteiger partial charge in [-0.05, 0) is 24.0 Å². The summed E-state index contributed by atoms with van der Waals surface area (Å²) in [6.45, 7) is 4.16. The number of carbonyl (C=O) groups is 1. The van der Waals surface area contributed by atoms with E-state index >= 15 is 0 Å². The lowest BCUT2D eigenvalue weighted by molar-refractivity contribution is 0.111. The average Bonchev–Trinajstić information content (AvgIpc) is 2.45. The lowest BCUT2D eigenvalue weighted by Gasteiger charge is -1.96. The topological polar surface area (TPSA) is 32.9 Å². The zero-order valence-corrected chi connectivity index (χ0v) is 6.98. The van der Waals surface area contributed by atoms with E-state index in [4.69, 9.17) is 0 Å². The summed E-state index contributed by atoms with van der Waals surface area (Å²) >= 11 is 0. The van der Waals surface area contributed by atoms with Crippen molar-refractivity contribution in [1.29, 1.82) is 0 Å². The number of hydrogen-bond donors (Lipinski definition) is 1. The summed E-state index contributed by atoms with van der Waals surface area (Å²) < 4.78 is 0. The van der Waals surface area contributed by atoms with Gasteiger partial charge in [0.1, 0.15) is 0 Å². The largest absolute Gasteiger partial charge is 0.359 e. The number of nitrogens with one attached hydrogen (secondary N) is 1. The molecule has 1 aromatic heterocycles. The van der Waals surface area contributed by atoms with Crippen molar-refractivity contribution in [2.45, 2.75) is 26.7 Å². The second kappa shape index (κ2) is 3.37.